The van der Waals surface area contributed by atoms with Gasteiger partial charge in [-0.05, 0) is 32.0 Å². The summed E-state index contributed by atoms with van der Waals surface area (Å²) in [5.74, 6) is 0.199. The van der Waals surface area contributed by atoms with Crippen LogP contribution in [0.25, 0.3) is 0 Å². The average Bonchev–Trinajstić information content (AvgIpc) is 2.39. The first kappa shape index (κ1) is 16.4. The van der Waals surface area contributed by atoms with Crippen molar-refractivity contribution < 1.29 is 17.9 Å². The van der Waals surface area contributed by atoms with Crippen LogP contribution in [0.4, 0.5) is 18.9 Å². The Morgan fingerprint density at radius 1 is 1.29 bits per heavy atom. The van der Waals surface area contributed by atoms with Crippen molar-refractivity contribution in [2.24, 2.45) is 0 Å². The van der Waals surface area contributed by atoms with Gasteiger partial charge in [-0.1, -0.05) is 0 Å². The lowest BCUT2D eigenvalue weighted by Gasteiger charge is -2.16. The van der Waals surface area contributed by atoms with Crippen LogP contribution < -0.4 is 10.1 Å². The zero-order valence-corrected chi connectivity index (χ0v) is 11.3. The molecule has 4 nitrogen and oxygen atoms in total. The minimum atomic E-state index is -4.50. The van der Waals surface area contributed by atoms with Crippen LogP contribution in [0.3, 0.4) is 0 Å². The van der Waals surface area contributed by atoms with Gasteiger partial charge in [-0.2, -0.15) is 23.7 Å². The molecule has 0 saturated heterocycles. The average molecular weight is 295 g/mol. The maximum absolute atomic E-state index is 12.7. The molecule has 0 aliphatic carbocycles. The molecule has 0 bridgehead atoms. The third-order valence-electron chi connectivity index (χ3n) is 2.28. The molecule has 0 heterocycles. The molecule has 21 heavy (non-hydrogen) atoms. The SMILES string of the molecule is CC(C)Oc1ccc(C(F)(F)F)cc1NC=C(C#N)C#N. The lowest BCUT2D eigenvalue weighted by Crippen LogP contribution is -2.10. The van der Waals surface area contributed by atoms with Crippen molar-refractivity contribution in [3.63, 3.8) is 0 Å². The highest BCUT2D eigenvalue weighted by Crippen LogP contribution is 2.35. The van der Waals surface area contributed by atoms with E-state index in [-0.39, 0.29) is 23.1 Å². The number of nitriles is 2. The minimum absolute atomic E-state index is 0.0292. The summed E-state index contributed by atoms with van der Waals surface area (Å²) in [6, 6.07) is 6.16. The van der Waals surface area contributed by atoms with Crippen molar-refractivity contribution in [3.8, 4) is 17.9 Å². The summed E-state index contributed by atoms with van der Waals surface area (Å²) < 4.78 is 43.5. The first-order chi connectivity index (χ1) is 9.77. The Balaban J connectivity index is 3.21. The largest absolute Gasteiger partial charge is 0.489 e. The fourth-order valence-electron chi connectivity index (χ4n) is 1.42. The quantitative estimate of drug-likeness (QED) is 0.857. The molecule has 1 aromatic carbocycles. The maximum Gasteiger partial charge on any atom is 0.416 e. The van der Waals surface area contributed by atoms with E-state index in [1.54, 1.807) is 26.0 Å². The summed E-state index contributed by atoms with van der Waals surface area (Å²) in [6.45, 7) is 3.46. The predicted molar refractivity (Wildman–Crippen MR) is 70.1 cm³/mol. The molecule has 0 aliphatic heterocycles. The van der Waals surface area contributed by atoms with Gasteiger partial charge in [-0.15, -0.1) is 0 Å². The van der Waals surface area contributed by atoms with E-state index < -0.39 is 11.7 Å². The number of nitrogens with one attached hydrogen (secondary N) is 1. The van der Waals surface area contributed by atoms with Crippen LogP contribution >= 0.6 is 0 Å². The van der Waals surface area contributed by atoms with E-state index in [4.69, 9.17) is 15.3 Å². The normalized spacial score (nSPS) is 10.5. The second kappa shape index (κ2) is 6.67. The van der Waals surface area contributed by atoms with Gasteiger partial charge >= 0.3 is 6.18 Å². The second-order valence-corrected chi connectivity index (χ2v) is 4.30. The van der Waals surface area contributed by atoms with E-state index in [9.17, 15) is 13.2 Å². The first-order valence-corrected chi connectivity index (χ1v) is 5.92. The number of hydrogen-bond donors (Lipinski definition) is 1. The molecule has 0 aliphatic rings. The Hall–Kier alpha value is -2.67. The number of hydrogen-bond acceptors (Lipinski definition) is 4. The van der Waals surface area contributed by atoms with Crippen molar-refractivity contribution in [1.82, 2.24) is 0 Å². The van der Waals surface area contributed by atoms with E-state index in [1.807, 2.05) is 0 Å². The van der Waals surface area contributed by atoms with Crippen LogP contribution in [0.5, 0.6) is 5.75 Å². The lowest BCUT2D eigenvalue weighted by molar-refractivity contribution is -0.137. The highest BCUT2D eigenvalue weighted by atomic mass is 19.4. The van der Waals surface area contributed by atoms with Crippen molar-refractivity contribution in [1.29, 1.82) is 10.5 Å². The highest BCUT2D eigenvalue weighted by molar-refractivity contribution is 5.61. The monoisotopic (exact) mass is 295 g/mol. The molecule has 0 amide bonds. The van der Waals surface area contributed by atoms with Crippen LogP contribution in [0.2, 0.25) is 0 Å². The number of halogens is 3. The minimum Gasteiger partial charge on any atom is -0.489 e. The number of allylic oxidation sites excluding steroid dienone is 1. The third-order valence-corrected chi connectivity index (χ3v) is 2.28. The molecule has 7 heteroatoms. The Kier molecular flexibility index (Phi) is 5.20. The molecular formula is C14H12F3N3O. The maximum atomic E-state index is 12.7. The Morgan fingerprint density at radius 3 is 2.38 bits per heavy atom. The van der Waals surface area contributed by atoms with Crippen LogP contribution in [-0.2, 0) is 6.18 Å². The van der Waals surface area contributed by atoms with Gasteiger partial charge in [0, 0.05) is 6.20 Å². The summed E-state index contributed by atoms with van der Waals surface area (Å²) in [5.41, 5.74) is -1.09. The molecule has 0 unspecified atom stereocenters. The smallest absolute Gasteiger partial charge is 0.416 e. The number of anilines is 1. The van der Waals surface area contributed by atoms with Gasteiger partial charge in [-0.3, -0.25) is 0 Å². The number of benzene rings is 1. The fourth-order valence-corrected chi connectivity index (χ4v) is 1.42. The molecule has 0 radical (unpaired) electrons. The van der Waals surface area contributed by atoms with E-state index in [2.05, 4.69) is 5.32 Å². The van der Waals surface area contributed by atoms with Gasteiger partial charge in [0.25, 0.3) is 0 Å². The van der Waals surface area contributed by atoms with Crippen molar-refractivity contribution in [2.75, 3.05) is 5.32 Å². The summed E-state index contributed by atoms with van der Waals surface area (Å²) in [7, 11) is 0. The van der Waals surface area contributed by atoms with Crippen LogP contribution in [0, 0.1) is 22.7 Å². The van der Waals surface area contributed by atoms with Crippen LogP contribution in [-0.4, -0.2) is 6.10 Å². The zero-order valence-electron chi connectivity index (χ0n) is 11.3. The lowest BCUT2D eigenvalue weighted by atomic mass is 10.1. The van der Waals surface area contributed by atoms with E-state index in [1.165, 1.54) is 6.07 Å². The number of ether oxygens (including phenoxy) is 1. The second-order valence-electron chi connectivity index (χ2n) is 4.30. The molecule has 0 saturated carbocycles. The Morgan fingerprint density at radius 2 is 1.90 bits per heavy atom. The predicted octanol–water partition coefficient (Wildman–Crippen LogP) is 3.84. The summed E-state index contributed by atoms with van der Waals surface area (Å²) >= 11 is 0. The van der Waals surface area contributed by atoms with E-state index >= 15 is 0 Å². The first-order valence-electron chi connectivity index (χ1n) is 5.92. The van der Waals surface area contributed by atoms with Crippen molar-refractivity contribution in [3.05, 3.63) is 35.5 Å². The molecule has 0 spiro atoms. The topological polar surface area (TPSA) is 68.8 Å². The molecule has 110 valence electrons. The van der Waals surface area contributed by atoms with Gasteiger partial charge in [0.1, 0.15) is 23.5 Å². The molecule has 0 aromatic heterocycles. The fraction of sp³-hybridized carbons (Fsp3) is 0.286. The van der Waals surface area contributed by atoms with Crippen LogP contribution in [0.15, 0.2) is 30.0 Å². The molecule has 1 N–H and O–H groups in total. The standard InChI is InChI=1S/C14H12F3N3O/c1-9(2)21-13-4-3-11(14(15,16)17)5-12(13)20-8-10(6-18)7-19/h3-5,8-9,20H,1-2H3. The van der Waals surface area contributed by atoms with Crippen molar-refractivity contribution in [2.45, 2.75) is 26.1 Å². The van der Waals surface area contributed by atoms with E-state index in [0.717, 1.165) is 18.3 Å². The van der Waals surface area contributed by atoms with E-state index in [0.29, 0.717) is 0 Å². The third kappa shape index (κ3) is 4.73. The molecule has 0 fully saturated rings. The number of nitrogens with zero attached hydrogens (tertiary/aromatic N) is 2. The molecule has 1 aromatic rings. The van der Waals surface area contributed by atoms with Gasteiger partial charge in [0.05, 0.1) is 17.4 Å². The Bertz CT molecular complexity index is 606. The van der Waals surface area contributed by atoms with Gasteiger partial charge in [-0.25, -0.2) is 0 Å². The summed E-state index contributed by atoms with van der Waals surface area (Å²) in [4.78, 5) is 0. The zero-order chi connectivity index (χ0) is 16.0. The van der Waals surface area contributed by atoms with Gasteiger partial charge < -0.3 is 10.1 Å². The summed E-state index contributed by atoms with van der Waals surface area (Å²) in [5, 5.41) is 19.7. The van der Waals surface area contributed by atoms with Gasteiger partial charge in [0.15, 0.2) is 0 Å². The van der Waals surface area contributed by atoms with Crippen LogP contribution in [0.1, 0.15) is 19.4 Å². The van der Waals surface area contributed by atoms with Crippen molar-refractivity contribution >= 4 is 5.69 Å². The highest BCUT2D eigenvalue weighted by Gasteiger charge is 2.31. The summed E-state index contributed by atoms with van der Waals surface area (Å²) in [6.07, 6.45) is -3.70. The Labute approximate surface area is 120 Å². The molecule has 1 rings (SSSR count). The number of alkyl halides is 3. The molecular weight excluding hydrogens is 283 g/mol. The molecule has 0 atom stereocenters. The number of rotatable bonds is 4. The van der Waals surface area contributed by atoms with Gasteiger partial charge in [0.2, 0.25) is 0 Å².